The van der Waals surface area contributed by atoms with Crippen LogP contribution in [0.25, 0.3) is 0 Å². The van der Waals surface area contributed by atoms with Gasteiger partial charge in [0.2, 0.25) is 5.91 Å². The van der Waals surface area contributed by atoms with Crippen LogP contribution in [0.1, 0.15) is 32.1 Å². The van der Waals surface area contributed by atoms with Crippen molar-refractivity contribution in [1.82, 2.24) is 10.6 Å². The van der Waals surface area contributed by atoms with Crippen LogP contribution in [0.5, 0.6) is 0 Å². The lowest BCUT2D eigenvalue weighted by Crippen LogP contribution is -2.41. The summed E-state index contributed by atoms with van der Waals surface area (Å²) in [6.45, 7) is 1.36. The maximum atomic E-state index is 12.9. The zero-order valence-electron chi connectivity index (χ0n) is 10.1. The first-order valence-corrected chi connectivity index (χ1v) is 6.52. The van der Waals surface area contributed by atoms with Crippen molar-refractivity contribution in [3.05, 3.63) is 0 Å². The second-order valence-electron chi connectivity index (χ2n) is 4.86. The molecule has 2 fully saturated rings. The third kappa shape index (κ3) is 3.92. The van der Waals surface area contributed by atoms with Gasteiger partial charge in [0.05, 0.1) is 18.8 Å². The van der Waals surface area contributed by atoms with Crippen molar-refractivity contribution < 1.29 is 13.9 Å². The van der Waals surface area contributed by atoms with Gasteiger partial charge in [-0.1, -0.05) is 12.8 Å². The molecule has 5 heteroatoms. The molecule has 0 unspecified atom stereocenters. The number of ether oxygens (including phenoxy) is 1. The Bertz CT molecular complexity index is 257. The Kier molecular flexibility index (Phi) is 4.74. The number of carbonyl (C=O) groups excluding carboxylic acids is 1. The number of halogens is 1. The summed E-state index contributed by atoms with van der Waals surface area (Å²) in [5, 5.41) is 5.64. The van der Waals surface area contributed by atoms with Crippen molar-refractivity contribution in [2.75, 3.05) is 19.7 Å². The normalized spacial score (nSPS) is 29.7. The highest BCUT2D eigenvalue weighted by molar-refractivity contribution is 5.82. The lowest BCUT2D eigenvalue weighted by molar-refractivity contribution is -0.123. The molecule has 1 saturated heterocycles. The Morgan fingerprint density at radius 2 is 2.18 bits per heavy atom. The van der Waals surface area contributed by atoms with E-state index in [1.165, 1.54) is 12.8 Å². The van der Waals surface area contributed by atoms with Crippen molar-refractivity contribution in [2.45, 2.75) is 50.4 Å². The predicted octanol–water partition coefficient (Wildman–Crippen LogP) is 0.762. The van der Waals surface area contributed by atoms with Crippen LogP contribution in [0.2, 0.25) is 0 Å². The summed E-state index contributed by atoms with van der Waals surface area (Å²) in [5.41, 5.74) is 0. The molecule has 17 heavy (non-hydrogen) atoms. The molecule has 1 saturated carbocycles. The average molecular weight is 244 g/mol. The standard InChI is InChI=1S/C12H21FN2O2/c13-9-7-11(15-8-9)12(16)14-5-6-17-10-3-1-2-4-10/h9-11,15H,1-8H2,(H,14,16)/t9-,11+/m1/s1. The van der Waals surface area contributed by atoms with E-state index in [1.807, 2.05) is 0 Å². The number of nitrogens with one attached hydrogen (secondary N) is 2. The van der Waals surface area contributed by atoms with Crippen molar-refractivity contribution in [3.63, 3.8) is 0 Å². The summed E-state index contributed by atoms with van der Waals surface area (Å²) in [6.07, 6.45) is 4.56. The molecular weight excluding hydrogens is 223 g/mol. The Hall–Kier alpha value is -0.680. The molecule has 2 rings (SSSR count). The van der Waals surface area contributed by atoms with Gasteiger partial charge in [0.15, 0.2) is 0 Å². The van der Waals surface area contributed by atoms with Gasteiger partial charge in [-0.3, -0.25) is 4.79 Å². The van der Waals surface area contributed by atoms with Gasteiger partial charge in [-0.25, -0.2) is 4.39 Å². The first-order chi connectivity index (χ1) is 8.25. The van der Waals surface area contributed by atoms with Crippen molar-refractivity contribution in [1.29, 1.82) is 0 Å². The third-order valence-electron chi connectivity index (χ3n) is 3.45. The van der Waals surface area contributed by atoms with Gasteiger partial charge in [-0.15, -0.1) is 0 Å². The van der Waals surface area contributed by atoms with Crippen molar-refractivity contribution in [3.8, 4) is 0 Å². The maximum Gasteiger partial charge on any atom is 0.237 e. The van der Waals surface area contributed by atoms with Crippen molar-refractivity contribution in [2.24, 2.45) is 0 Å². The van der Waals surface area contributed by atoms with E-state index in [0.29, 0.717) is 19.3 Å². The molecule has 1 aliphatic heterocycles. The van der Waals surface area contributed by atoms with E-state index in [9.17, 15) is 9.18 Å². The van der Waals surface area contributed by atoms with Gasteiger partial charge in [-0.05, 0) is 12.8 Å². The molecule has 0 aromatic carbocycles. The third-order valence-corrected chi connectivity index (χ3v) is 3.45. The maximum absolute atomic E-state index is 12.9. The Morgan fingerprint density at radius 3 is 2.82 bits per heavy atom. The number of hydrogen-bond acceptors (Lipinski definition) is 3. The molecule has 1 heterocycles. The highest BCUT2D eigenvalue weighted by Gasteiger charge is 2.28. The summed E-state index contributed by atoms with van der Waals surface area (Å²) in [5.74, 6) is -0.111. The first kappa shape index (κ1) is 12.8. The molecule has 0 aromatic heterocycles. The first-order valence-electron chi connectivity index (χ1n) is 6.52. The number of amides is 1. The number of hydrogen-bond donors (Lipinski definition) is 2. The van der Waals surface area contributed by atoms with Gasteiger partial charge in [-0.2, -0.15) is 0 Å². The molecule has 98 valence electrons. The average Bonchev–Trinajstić information content (AvgIpc) is 2.95. The van der Waals surface area contributed by atoms with Crippen LogP contribution in [0.15, 0.2) is 0 Å². The highest BCUT2D eigenvalue weighted by Crippen LogP contribution is 2.20. The van der Waals surface area contributed by atoms with E-state index in [-0.39, 0.29) is 24.9 Å². The number of alkyl halides is 1. The fraction of sp³-hybridized carbons (Fsp3) is 0.917. The van der Waals surface area contributed by atoms with Crippen LogP contribution in [-0.2, 0) is 9.53 Å². The van der Waals surface area contributed by atoms with Gasteiger partial charge < -0.3 is 15.4 Å². The molecule has 4 nitrogen and oxygen atoms in total. The Labute approximate surface area is 101 Å². The fourth-order valence-corrected chi connectivity index (χ4v) is 2.47. The fourth-order valence-electron chi connectivity index (χ4n) is 2.47. The van der Waals surface area contributed by atoms with E-state index in [1.54, 1.807) is 0 Å². The SMILES string of the molecule is O=C(NCCOC1CCCC1)[C@@H]1C[C@@H](F)CN1. The highest BCUT2D eigenvalue weighted by atomic mass is 19.1. The summed E-state index contributed by atoms with van der Waals surface area (Å²) in [4.78, 5) is 11.6. The van der Waals surface area contributed by atoms with E-state index in [4.69, 9.17) is 4.74 Å². The van der Waals surface area contributed by atoms with Crippen LogP contribution < -0.4 is 10.6 Å². The predicted molar refractivity (Wildman–Crippen MR) is 62.5 cm³/mol. The summed E-state index contributed by atoms with van der Waals surface area (Å²) in [6, 6.07) is -0.364. The van der Waals surface area contributed by atoms with Crippen LogP contribution in [0, 0.1) is 0 Å². The smallest absolute Gasteiger partial charge is 0.237 e. The second kappa shape index (κ2) is 6.31. The molecule has 0 radical (unpaired) electrons. The zero-order chi connectivity index (χ0) is 12.1. The van der Waals surface area contributed by atoms with Crippen LogP contribution in [0.4, 0.5) is 4.39 Å². The van der Waals surface area contributed by atoms with Gasteiger partial charge in [0, 0.05) is 19.5 Å². The molecular formula is C12H21FN2O2. The van der Waals surface area contributed by atoms with Crippen LogP contribution >= 0.6 is 0 Å². The van der Waals surface area contributed by atoms with E-state index >= 15 is 0 Å². The number of carbonyl (C=O) groups is 1. The van der Waals surface area contributed by atoms with Crippen LogP contribution in [0.3, 0.4) is 0 Å². The largest absolute Gasteiger partial charge is 0.376 e. The van der Waals surface area contributed by atoms with Gasteiger partial charge >= 0.3 is 0 Å². The minimum atomic E-state index is -0.888. The molecule has 0 aromatic rings. The molecule has 0 spiro atoms. The van der Waals surface area contributed by atoms with E-state index < -0.39 is 6.17 Å². The number of rotatable bonds is 5. The lowest BCUT2D eigenvalue weighted by atomic mass is 10.2. The Balaban J connectivity index is 1.53. The summed E-state index contributed by atoms with van der Waals surface area (Å²) >= 11 is 0. The lowest BCUT2D eigenvalue weighted by Gasteiger charge is -2.13. The molecule has 2 aliphatic rings. The molecule has 1 aliphatic carbocycles. The molecule has 1 amide bonds. The Morgan fingerprint density at radius 1 is 1.41 bits per heavy atom. The van der Waals surface area contributed by atoms with Gasteiger partial charge in [0.25, 0.3) is 0 Å². The quantitative estimate of drug-likeness (QED) is 0.702. The van der Waals surface area contributed by atoms with Gasteiger partial charge in [0.1, 0.15) is 6.17 Å². The molecule has 2 atom stereocenters. The second-order valence-corrected chi connectivity index (χ2v) is 4.86. The summed E-state index contributed by atoms with van der Waals surface area (Å²) < 4.78 is 18.5. The minimum Gasteiger partial charge on any atom is -0.376 e. The topological polar surface area (TPSA) is 50.4 Å². The molecule has 0 bridgehead atoms. The molecule has 2 N–H and O–H groups in total. The zero-order valence-corrected chi connectivity index (χ0v) is 10.1. The summed E-state index contributed by atoms with van der Waals surface area (Å²) in [7, 11) is 0. The monoisotopic (exact) mass is 244 g/mol. The van der Waals surface area contributed by atoms with E-state index in [2.05, 4.69) is 10.6 Å². The minimum absolute atomic E-state index is 0.111. The van der Waals surface area contributed by atoms with E-state index in [0.717, 1.165) is 12.8 Å². The van der Waals surface area contributed by atoms with Crippen LogP contribution in [-0.4, -0.2) is 43.9 Å². The van der Waals surface area contributed by atoms with Crippen molar-refractivity contribution >= 4 is 5.91 Å².